The fourth-order valence-corrected chi connectivity index (χ4v) is 1.84. The van der Waals surface area contributed by atoms with Gasteiger partial charge in [0.1, 0.15) is 0 Å². The van der Waals surface area contributed by atoms with Crippen molar-refractivity contribution in [1.82, 2.24) is 5.32 Å². The highest BCUT2D eigenvalue weighted by Crippen LogP contribution is 2.12. The van der Waals surface area contributed by atoms with Crippen LogP contribution in [0.3, 0.4) is 0 Å². The molecule has 0 aromatic heterocycles. The van der Waals surface area contributed by atoms with Gasteiger partial charge in [0.2, 0.25) is 10.0 Å². The summed E-state index contributed by atoms with van der Waals surface area (Å²) in [6, 6.07) is 6.05. The van der Waals surface area contributed by atoms with E-state index in [2.05, 4.69) is 10.6 Å². The Hall–Kier alpha value is -1.18. The smallest absolute Gasteiger partial charge is 0.238 e. The first-order chi connectivity index (χ1) is 7.43. The van der Waals surface area contributed by atoms with E-state index in [-0.39, 0.29) is 4.90 Å². The number of rotatable bonds is 3. The van der Waals surface area contributed by atoms with E-state index in [1.54, 1.807) is 12.1 Å². The standard InChI is InChI=1S/C9H13N3O2S2/c1-2-11-9(15)12-7-3-5-8(6-4-7)16(10,13)14/h3-6H,2H2,1H3,(H2,10,13,14)(H2,11,12,15). The van der Waals surface area contributed by atoms with Crippen molar-refractivity contribution in [2.24, 2.45) is 5.14 Å². The molecule has 0 bridgehead atoms. The van der Waals surface area contributed by atoms with Crippen LogP contribution >= 0.6 is 12.2 Å². The number of benzene rings is 1. The van der Waals surface area contributed by atoms with E-state index in [1.807, 2.05) is 6.92 Å². The lowest BCUT2D eigenvalue weighted by Gasteiger charge is -2.08. The van der Waals surface area contributed by atoms with Gasteiger partial charge in [0, 0.05) is 12.2 Å². The average molecular weight is 259 g/mol. The summed E-state index contributed by atoms with van der Waals surface area (Å²) in [4.78, 5) is 0.0763. The molecule has 0 heterocycles. The maximum atomic E-state index is 11.0. The van der Waals surface area contributed by atoms with E-state index in [1.165, 1.54) is 12.1 Å². The van der Waals surface area contributed by atoms with Crippen molar-refractivity contribution in [1.29, 1.82) is 0 Å². The van der Waals surface area contributed by atoms with Gasteiger partial charge in [-0.25, -0.2) is 13.6 Å². The number of anilines is 1. The van der Waals surface area contributed by atoms with Gasteiger partial charge in [-0.05, 0) is 43.4 Å². The normalized spacial score (nSPS) is 10.9. The highest BCUT2D eigenvalue weighted by atomic mass is 32.2. The highest BCUT2D eigenvalue weighted by Gasteiger charge is 2.06. The van der Waals surface area contributed by atoms with E-state index >= 15 is 0 Å². The van der Waals surface area contributed by atoms with Crippen molar-refractivity contribution in [3.8, 4) is 0 Å². The fraction of sp³-hybridized carbons (Fsp3) is 0.222. The first-order valence-corrected chi connectivity index (χ1v) is 6.56. The SMILES string of the molecule is CCNC(=S)Nc1ccc(S(N)(=O)=O)cc1. The molecule has 0 spiro atoms. The van der Waals surface area contributed by atoms with E-state index in [4.69, 9.17) is 17.4 Å². The first-order valence-electron chi connectivity index (χ1n) is 4.61. The Morgan fingerprint density at radius 3 is 2.38 bits per heavy atom. The third-order valence-corrected chi connectivity index (χ3v) is 2.95. The Morgan fingerprint density at radius 2 is 1.94 bits per heavy atom. The van der Waals surface area contributed by atoms with Crippen LogP contribution < -0.4 is 15.8 Å². The lowest BCUT2D eigenvalue weighted by Crippen LogP contribution is -2.27. The summed E-state index contributed by atoms with van der Waals surface area (Å²) in [5.41, 5.74) is 0.707. The third-order valence-electron chi connectivity index (χ3n) is 1.78. The summed E-state index contributed by atoms with van der Waals surface area (Å²) in [7, 11) is -3.63. The van der Waals surface area contributed by atoms with Crippen molar-refractivity contribution in [3.63, 3.8) is 0 Å². The topological polar surface area (TPSA) is 84.2 Å². The summed E-state index contributed by atoms with van der Waals surface area (Å²) in [5.74, 6) is 0. The second-order valence-electron chi connectivity index (χ2n) is 3.05. The largest absolute Gasteiger partial charge is 0.363 e. The predicted octanol–water partition coefficient (Wildman–Crippen LogP) is 0.640. The fourth-order valence-electron chi connectivity index (χ4n) is 1.06. The minimum atomic E-state index is -3.63. The Kier molecular flexibility index (Phi) is 4.22. The van der Waals surface area contributed by atoms with Crippen molar-refractivity contribution in [2.75, 3.05) is 11.9 Å². The third kappa shape index (κ3) is 3.76. The average Bonchev–Trinajstić information content (AvgIpc) is 2.17. The van der Waals surface area contributed by atoms with Crippen molar-refractivity contribution < 1.29 is 8.42 Å². The van der Waals surface area contributed by atoms with Gasteiger partial charge in [-0.1, -0.05) is 0 Å². The summed E-state index contributed by atoms with van der Waals surface area (Å²) >= 11 is 4.98. The molecule has 0 fully saturated rings. The molecule has 7 heteroatoms. The van der Waals surface area contributed by atoms with Crippen LogP contribution in [0.4, 0.5) is 5.69 Å². The second kappa shape index (κ2) is 5.24. The Labute approximate surface area is 100 Å². The number of primary sulfonamides is 1. The van der Waals surface area contributed by atoms with Gasteiger partial charge >= 0.3 is 0 Å². The van der Waals surface area contributed by atoms with Gasteiger partial charge < -0.3 is 10.6 Å². The van der Waals surface area contributed by atoms with Crippen LogP contribution in [-0.4, -0.2) is 20.1 Å². The van der Waals surface area contributed by atoms with Crippen molar-refractivity contribution >= 4 is 33.0 Å². The Balaban J connectivity index is 2.76. The zero-order valence-corrected chi connectivity index (χ0v) is 10.4. The molecule has 0 aliphatic heterocycles. The van der Waals surface area contributed by atoms with Gasteiger partial charge in [0.25, 0.3) is 0 Å². The molecule has 4 N–H and O–H groups in total. The summed E-state index contributed by atoms with van der Waals surface area (Å²) in [6.45, 7) is 2.65. The van der Waals surface area contributed by atoms with E-state index < -0.39 is 10.0 Å². The lowest BCUT2D eigenvalue weighted by atomic mass is 10.3. The molecule has 16 heavy (non-hydrogen) atoms. The Morgan fingerprint density at radius 1 is 1.38 bits per heavy atom. The van der Waals surface area contributed by atoms with Crippen LogP contribution in [0.1, 0.15) is 6.92 Å². The molecule has 0 aliphatic carbocycles. The summed E-state index contributed by atoms with van der Waals surface area (Å²) in [5, 5.41) is 11.3. The van der Waals surface area contributed by atoms with Crippen molar-refractivity contribution in [2.45, 2.75) is 11.8 Å². The second-order valence-corrected chi connectivity index (χ2v) is 5.02. The molecule has 1 aromatic rings. The summed E-state index contributed by atoms with van der Waals surface area (Å²) in [6.07, 6.45) is 0. The predicted molar refractivity (Wildman–Crippen MR) is 67.7 cm³/mol. The highest BCUT2D eigenvalue weighted by molar-refractivity contribution is 7.89. The number of sulfonamides is 1. The van der Waals surface area contributed by atoms with Crippen molar-refractivity contribution in [3.05, 3.63) is 24.3 Å². The molecule has 0 saturated carbocycles. The maximum absolute atomic E-state index is 11.0. The van der Waals surface area contributed by atoms with Gasteiger partial charge in [-0.2, -0.15) is 0 Å². The van der Waals surface area contributed by atoms with Crippen LogP contribution in [0.15, 0.2) is 29.2 Å². The van der Waals surface area contributed by atoms with E-state index in [0.717, 1.165) is 6.54 Å². The molecule has 0 radical (unpaired) electrons. The number of nitrogens with two attached hydrogens (primary N) is 1. The number of hydrogen-bond donors (Lipinski definition) is 3. The lowest BCUT2D eigenvalue weighted by molar-refractivity contribution is 0.598. The molecule has 88 valence electrons. The Bertz CT molecular complexity index is 468. The zero-order chi connectivity index (χ0) is 12.2. The monoisotopic (exact) mass is 259 g/mol. The van der Waals surface area contributed by atoms with Crippen LogP contribution in [0.25, 0.3) is 0 Å². The maximum Gasteiger partial charge on any atom is 0.238 e. The van der Waals surface area contributed by atoms with Gasteiger partial charge in [-0.15, -0.1) is 0 Å². The molecule has 0 saturated heterocycles. The first kappa shape index (κ1) is 12.9. The minimum absolute atomic E-state index is 0.0763. The van der Waals surface area contributed by atoms with Crippen LogP contribution in [0, 0.1) is 0 Å². The molecule has 0 atom stereocenters. The number of hydrogen-bond acceptors (Lipinski definition) is 3. The molecular formula is C9H13N3O2S2. The molecule has 1 aromatic carbocycles. The van der Waals surface area contributed by atoms with Crippen LogP contribution in [0.5, 0.6) is 0 Å². The zero-order valence-electron chi connectivity index (χ0n) is 8.73. The molecule has 0 amide bonds. The molecule has 0 unspecified atom stereocenters. The molecule has 5 nitrogen and oxygen atoms in total. The quantitative estimate of drug-likeness (QED) is 0.694. The molecular weight excluding hydrogens is 246 g/mol. The number of thiocarbonyl (C=S) groups is 1. The van der Waals surface area contributed by atoms with E-state index in [0.29, 0.717) is 10.8 Å². The van der Waals surface area contributed by atoms with Crippen LogP contribution in [0.2, 0.25) is 0 Å². The van der Waals surface area contributed by atoms with E-state index in [9.17, 15) is 8.42 Å². The van der Waals surface area contributed by atoms with Gasteiger partial charge in [0.05, 0.1) is 4.90 Å². The van der Waals surface area contributed by atoms with Gasteiger partial charge in [0.15, 0.2) is 5.11 Å². The molecule has 0 aliphatic rings. The summed E-state index contributed by atoms with van der Waals surface area (Å²) < 4.78 is 22.0. The minimum Gasteiger partial charge on any atom is -0.363 e. The molecule has 1 rings (SSSR count). The van der Waals surface area contributed by atoms with Crippen LogP contribution in [-0.2, 0) is 10.0 Å². The number of nitrogens with one attached hydrogen (secondary N) is 2. The van der Waals surface area contributed by atoms with Gasteiger partial charge in [-0.3, -0.25) is 0 Å².